The van der Waals surface area contributed by atoms with Gasteiger partial charge in [0.15, 0.2) is 0 Å². The quantitative estimate of drug-likeness (QED) is 0.672. The molecule has 0 atom stereocenters. The van der Waals surface area contributed by atoms with Gasteiger partial charge in [-0.1, -0.05) is 12.8 Å². The highest BCUT2D eigenvalue weighted by Crippen LogP contribution is 2.28. The molecule has 0 unspecified atom stereocenters. The molecule has 13 heavy (non-hydrogen) atoms. The highest BCUT2D eigenvalue weighted by atomic mass is 16.2. The molecule has 0 spiro atoms. The molecule has 1 fully saturated rings. The Labute approximate surface area is 78.9 Å². The zero-order valence-electron chi connectivity index (χ0n) is 8.35. The summed E-state index contributed by atoms with van der Waals surface area (Å²) >= 11 is 0. The lowest BCUT2D eigenvalue weighted by Crippen LogP contribution is -2.44. The zero-order chi connectivity index (χ0) is 9.90. The second kappa shape index (κ2) is 3.90. The highest BCUT2D eigenvalue weighted by Gasteiger charge is 2.29. The number of nitrogens with one attached hydrogen (secondary N) is 1. The van der Waals surface area contributed by atoms with Gasteiger partial charge in [0, 0.05) is 5.54 Å². The summed E-state index contributed by atoms with van der Waals surface area (Å²) in [5.74, 6) is -0.198. The van der Waals surface area contributed by atoms with Crippen molar-refractivity contribution in [3.63, 3.8) is 0 Å². The molecular formula is C10H17NO2. The van der Waals surface area contributed by atoms with E-state index in [4.69, 9.17) is 0 Å². The molecule has 1 aliphatic carbocycles. The summed E-state index contributed by atoms with van der Waals surface area (Å²) in [7, 11) is 0. The molecule has 0 radical (unpaired) electrons. The maximum Gasteiger partial charge on any atom is 0.227 e. The van der Waals surface area contributed by atoms with Crippen LogP contribution in [0.1, 0.15) is 46.0 Å². The minimum atomic E-state index is -0.128. The van der Waals surface area contributed by atoms with E-state index in [1.807, 2.05) is 0 Å². The molecule has 0 heterocycles. The molecule has 0 bridgehead atoms. The van der Waals surface area contributed by atoms with E-state index in [1.54, 1.807) is 0 Å². The molecule has 3 nitrogen and oxygen atoms in total. The van der Waals surface area contributed by atoms with Gasteiger partial charge in [0.2, 0.25) is 5.91 Å². The van der Waals surface area contributed by atoms with Gasteiger partial charge in [-0.25, -0.2) is 0 Å². The molecule has 0 aromatic heterocycles. The van der Waals surface area contributed by atoms with Crippen molar-refractivity contribution in [2.24, 2.45) is 0 Å². The third-order valence-electron chi connectivity index (χ3n) is 2.56. The van der Waals surface area contributed by atoms with E-state index in [2.05, 4.69) is 12.2 Å². The summed E-state index contributed by atoms with van der Waals surface area (Å²) in [6, 6.07) is 0. The van der Waals surface area contributed by atoms with Crippen molar-refractivity contribution < 1.29 is 9.59 Å². The molecule has 1 N–H and O–H groups in total. The molecule has 0 aromatic rings. The standard InChI is InChI=1S/C10H17NO2/c1-8(12)7-9(13)11-10(2)5-3-4-6-10/h3-7H2,1-2H3,(H,11,13). The van der Waals surface area contributed by atoms with E-state index < -0.39 is 0 Å². The predicted octanol–water partition coefficient (Wildman–Crippen LogP) is 1.41. The van der Waals surface area contributed by atoms with Gasteiger partial charge in [0.05, 0.1) is 6.42 Å². The van der Waals surface area contributed by atoms with Crippen molar-refractivity contribution in [1.29, 1.82) is 0 Å². The zero-order valence-corrected chi connectivity index (χ0v) is 8.35. The van der Waals surface area contributed by atoms with Crippen LogP contribution in [0.5, 0.6) is 0 Å². The first-order chi connectivity index (χ1) is 6.02. The van der Waals surface area contributed by atoms with Gasteiger partial charge < -0.3 is 5.32 Å². The summed E-state index contributed by atoms with van der Waals surface area (Å²) in [5, 5.41) is 2.93. The van der Waals surface area contributed by atoms with Crippen molar-refractivity contribution >= 4 is 11.7 Å². The fourth-order valence-corrected chi connectivity index (χ4v) is 1.89. The van der Waals surface area contributed by atoms with Crippen molar-refractivity contribution in [1.82, 2.24) is 5.32 Å². The van der Waals surface area contributed by atoms with E-state index in [1.165, 1.54) is 19.8 Å². The topological polar surface area (TPSA) is 46.2 Å². The first-order valence-electron chi connectivity index (χ1n) is 4.82. The Morgan fingerprint density at radius 3 is 2.31 bits per heavy atom. The number of Topliss-reactive ketones (excluding diaryl/α,β-unsaturated/α-hetero) is 1. The Balaban J connectivity index is 2.38. The Hall–Kier alpha value is -0.860. The van der Waals surface area contributed by atoms with Gasteiger partial charge in [0.1, 0.15) is 5.78 Å². The molecule has 3 heteroatoms. The number of carbonyl (C=O) groups excluding carboxylic acids is 2. The van der Waals surface area contributed by atoms with Crippen LogP contribution >= 0.6 is 0 Å². The number of hydrogen-bond donors (Lipinski definition) is 1. The second-order valence-corrected chi connectivity index (χ2v) is 4.19. The summed E-state index contributed by atoms with van der Waals surface area (Å²) < 4.78 is 0. The molecule has 1 aliphatic rings. The van der Waals surface area contributed by atoms with Crippen LogP contribution < -0.4 is 5.32 Å². The van der Waals surface area contributed by atoms with E-state index in [0.717, 1.165) is 12.8 Å². The van der Waals surface area contributed by atoms with Crippen LogP contribution in [-0.2, 0) is 9.59 Å². The third-order valence-corrected chi connectivity index (χ3v) is 2.56. The first-order valence-corrected chi connectivity index (χ1v) is 4.82. The van der Waals surface area contributed by atoms with Gasteiger partial charge in [-0.2, -0.15) is 0 Å². The van der Waals surface area contributed by atoms with Crippen LogP contribution in [0.25, 0.3) is 0 Å². The van der Waals surface area contributed by atoms with E-state index in [0.29, 0.717) is 0 Å². The fourth-order valence-electron chi connectivity index (χ4n) is 1.89. The SMILES string of the molecule is CC(=O)CC(=O)NC1(C)CCCC1. The van der Waals surface area contributed by atoms with Crippen LogP contribution in [0, 0.1) is 0 Å². The molecule has 74 valence electrons. The van der Waals surface area contributed by atoms with Crippen LogP contribution in [0.4, 0.5) is 0 Å². The lowest BCUT2D eigenvalue weighted by atomic mass is 10.0. The largest absolute Gasteiger partial charge is 0.351 e. The summed E-state index contributed by atoms with van der Waals surface area (Å²) in [6.07, 6.45) is 4.45. The number of hydrogen-bond acceptors (Lipinski definition) is 2. The minimum Gasteiger partial charge on any atom is -0.351 e. The van der Waals surface area contributed by atoms with Gasteiger partial charge in [0.25, 0.3) is 0 Å². The second-order valence-electron chi connectivity index (χ2n) is 4.19. The smallest absolute Gasteiger partial charge is 0.227 e. The maximum atomic E-state index is 11.3. The Bertz CT molecular complexity index is 217. The predicted molar refractivity (Wildman–Crippen MR) is 50.3 cm³/mol. The van der Waals surface area contributed by atoms with Crippen molar-refractivity contribution in [3.05, 3.63) is 0 Å². The van der Waals surface area contributed by atoms with Crippen LogP contribution in [0.3, 0.4) is 0 Å². The van der Waals surface area contributed by atoms with Crippen molar-refractivity contribution in [2.45, 2.75) is 51.5 Å². The van der Waals surface area contributed by atoms with Crippen LogP contribution in [0.2, 0.25) is 0 Å². The Morgan fingerprint density at radius 1 is 1.31 bits per heavy atom. The molecule has 1 amide bonds. The summed E-state index contributed by atoms with van der Waals surface area (Å²) in [6.45, 7) is 3.49. The molecule has 1 saturated carbocycles. The normalized spacial score (nSPS) is 19.8. The molecule has 0 aromatic carbocycles. The third kappa shape index (κ3) is 3.17. The molecule has 0 aliphatic heterocycles. The van der Waals surface area contributed by atoms with Gasteiger partial charge >= 0.3 is 0 Å². The average Bonchev–Trinajstić information content (AvgIpc) is 2.33. The Kier molecular flexibility index (Phi) is 3.07. The molecular weight excluding hydrogens is 166 g/mol. The fraction of sp³-hybridized carbons (Fsp3) is 0.800. The lowest BCUT2D eigenvalue weighted by Gasteiger charge is -2.24. The van der Waals surface area contributed by atoms with Crippen molar-refractivity contribution in [3.8, 4) is 0 Å². The van der Waals surface area contributed by atoms with E-state index >= 15 is 0 Å². The minimum absolute atomic E-state index is 0.0234. The van der Waals surface area contributed by atoms with Gasteiger partial charge in [-0.3, -0.25) is 9.59 Å². The molecule has 0 saturated heterocycles. The maximum absolute atomic E-state index is 11.3. The first kappa shape index (κ1) is 10.2. The number of rotatable bonds is 3. The summed E-state index contributed by atoms with van der Waals surface area (Å²) in [4.78, 5) is 22.0. The monoisotopic (exact) mass is 183 g/mol. The van der Waals surface area contributed by atoms with Crippen LogP contribution in [0.15, 0.2) is 0 Å². The average molecular weight is 183 g/mol. The van der Waals surface area contributed by atoms with Gasteiger partial charge in [-0.15, -0.1) is 0 Å². The Morgan fingerprint density at radius 2 is 1.85 bits per heavy atom. The number of carbonyl (C=O) groups is 2. The number of amides is 1. The molecule has 1 rings (SSSR count). The van der Waals surface area contributed by atoms with E-state index in [-0.39, 0.29) is 23.7 Å². The lowest BCUT2D eigenvalue weighted by molar-refractivity contribution is -0.128. The van der Waals surface area contributed by atoms with Crippen LogP contribution in [-0.4, -0.2) is 17.2 Å². The number of ketones is 1. The summed E-state index contributed by atoms with van der Waals surface area (Å²) in [5.41, 5.74) is -0.0491. The van der Waals surface area contributed by atoms with E-state index in [9.17, 15) is 9.59 Å². The highest BCUT2D eigenvalue weighted by molar-refractivity contribution is 5.97. The van der Waals surface area contributed by atoms with Crippen molar-refractivity contribution in [2.75, 3.05) is 0 Å². The van der Waals surface area contributed by atoms with Gasteiger partial charge in [-0.05, 0) is 26.7 Å².